The van der Waals surface area contributed by atoms with E-state index >= 15 is 0 Å². The predicted octanol–water partition coefficient (Wildman–Crippen LogP) is 1.59. The number of carboxylic acids is 2. The highest BCUT2D eigenvalue weighted by Crippen LogP contribution is 2.22. The van der Waals surface area contributed by atoms with E-state index in [1.54, 1.807) is 0 Å². The molecule has 1 aliphatic rings. The molecule has 0 heterocycles. The Morgan fingerprint density at radius 2 is 1.76 bits per heavy atom. The summed E-state index contributed by atoms with van der Waals surface area (Å²) >= 11 is 0. The minimum Gasteiger partial charge on any atom is -0.473 e. The number of nitrogens with two attached hydrogens (primary N) is 1. The number of aliphatic carboxylic acids is 2. The van der Waals surface area contributed by atoms with Crippen LogP contribution in [0.4, 0.5) is 4.79 Å². The average Bonchev–Trinajstić information content (AvgIpc) is 2.59. The number of ether oxygens (including phenoxy) is 1. The van der Waals surface area contributed by atoms with Crippen LogP contribution in [0.3, 0.4) is 0 Å². The van der Waals surface area contributed by atoms with Gasteiger partial charge in [0.25, 0.3) is 0 Å². The van der Waals surface area contributed by atoms with Crippen molar-refractivity contribution in [3.05, 3.63) is 35.9 Å². The van der Waals surface area contributed by atoms with E-state index in [9.17, 15) is 4.79 Å². The molecule has 2 rings (SSSR count). The summed E-state index contributed by atoms with van der Waals surface area (Å²) in [4.78, 5) is 29.8. The molecule has 1 aliphatic carbocycles. The summed E-state index contributed by atoms with van der Waals surface area (Å²) in [5, 5.41) is 17.6. The van der Waals surface area contributed by atoms with Gasteiger partial charge in [-0.05, 0) is 30.7 Å². The summed E-state index contributed by atoms with van der Waals surface area (Å²) in [5.41, 5.74) is 6.92. The van der Waals surface area contributed by atoms with Gasteiger partial charge in [-0.2, -0.15) is 0 Å². The lowest BCUT2D eigenvalue weighted by atomic mass is 9.86. The smallest absolute Gasteiger partial charge is 0.414 e. The Hall–Kier alpha value is -2.61. The second-order valence-corrected chi connectivity index (χ2v) is 5.85. The van der Waals surface area contributed by atoms with Gasteiger partial charge in [-0.1, -0.05) is 36.8 Å². The Morgan fingerprint density at radius 3 is 2.32 bits per heavy atom. The molecule has 1 aromatic rings. The van der Waals surface area contributed by atoms with Crippen molar-refractivity contribution in [3.63, 3.8) is 0 Å². The van der Waals surface area contributed by atoms with E-state index < -0.39 is 11.9 Å². The van der Waals surface area contributed by atoms with E-state index in [0.717, 1.165) is 31.2 Å². The van der Waals surface area contributed by atoms with E-state index in [4.69, 9.17) is 30.3 Å². The maximum atomic E-state index is 11.6. The zero-order valence-corrected chi connectivity index (χ0v) is 13.9. The first-order valence-electron chi connectivity index (χ1n) is 8.04. The highest BCUT2D eigenvalue weighted by atomic mass is 16.5. The van der Waals surface area contributed by atoms with Gasteiger partial charge in [0.15, 0.2) is 0 Å². The van der Waals surface area contributed by atoms with Gasteiger partial charge in [0.05, 0.1) is 0 Å². The van der Waals surface area contributed by atoms with Crippen molar-refractivity contribution in [2.75, 3.05) is 6.54 Å². The molecule has 25 heavy (non-hydrogen) atoms. The fourth-order valence-corrected chi connectivity index (χ4v) is 2.52. The van der Waals surface area contributed by atoms with Crippen LogP contribution in [0.15, 0.2) is 30.3 Å². The quantitative estimate of drug-likeness (QED) is 0.603. The molecule has 1 aromatic carbocycles. The van der Waals surface area contributed by atoms with Gasteiger partial charge in [0, 0.05) is 12.6 Å². The molecule has 0 aliphatic heterocycles. The fourth-order valence-electron chi connectivity index (χ4n) is 2.52. The summed E-state index contributed by atoms with van der Waals surface area (Å²) in [7, 11) is 0. The van der Waals surface area contributed by atoms with Crippen LogP contribution in [0, 0.1) is 5.92 Å². The van der Waals surface area contributed by atoms with Crippen LogP contribution in [-0.4, -0.2) is 40.8 Å². The lowest BCUT2D eigenvalue weighted by Crippen LogP contribution is -2.35. The van der Waals surface area contributed by atoms with Crippen LogP contribution in [0.25, 0.3) is 0 Å². The molecule has 0 aromatic heterocycles. The average molecular weight is 352 g/mol. The van der Waals surface area contributed by atoms with Gasteiger partial charge in [0.1, 0.15) is 6.61 Å². The summed E-state index contributed by atoms with van der Waals surface area (Å²) < 4.78 is 5.16. The summed E-state index contributed by atoms with van der Waals surface area (Å²) in [6, 6.07) is 9.97. The Morgan fingerprint density at radius 1 is 1.12 bits per heavy atom. The topological polar surface area (TPSA) is 139 Å². The molecular formula is C17H24N2O6. The van der Waals surface area contributed by atoms with Crippen molar-refractivity contribution in [1.82, 2.24) is 5.32 Å². The molecule has 1 fully saturated rings. The Bertz CT molecular complexity index is 552. The zero-order valence-electron chi connectivity index (χ0n) is 13.9. The summed E-state index contributed by atoms with van der Waals surface area (Å²) in [6.45, 7) is 0.984. The van der Waals surface area contributed by atoms with E-state index in [1.807, 2.05) is 30.3 Å². The molecule has 2 unspecified atom stereocenters. The predicted molar refractivity (Wildman–Crippen MR) is 89.8 cm³/mol. The number of amides is 1. The van der Waals surface area contributed by atoms with Gasteiger partial charge in [-0.25, -0.2) is 14.4 Å². The van der Waals surface area contributed by atoms with Crippen LogP contribution < -0.4 is 11.1 Å². The maximum absolute atomic E-state index is 11.6. The molecule has 1 saturated carbocycles. The third kappa shape index (κ3) is 9.31. The van der Waals surface area contributed by atoms with Crippen molar-refractivity contribution in [2.24, 2.45) is 11.7 Å². The third-order valence-electron chi connectivity index (χ3n) is 3.75. The minimum atomic E-state index is -1.82. The molecule has 138 valence electrons. The second-order valence-electron chi connectivity index (χ2n) is 5.85. The Labute approximate surface area is 146 Å². The van der Waals surface area contributed by atoms with Crippen LogP contribution in [0.2, 0.25) is 0 Å². The van der Waals surface area contributed by atoms with E-state index in [1.165, 1.54) is 0 Å². The van der Waals surface area contributed by atoms with E-state index in [0.29, 0.717) is 25.1 Å². The molecule has 2 atom stereocenters. The molecule has 0 bridgehead atoms. The van der Waals surface area contributed by atoms with Gasteiger partial charge in [-0.3, -0.25) is 0 Å². The van der Waals surface area contributed by atoms with Crippen molar-refractivity contribution in [2.45, 2.75) is 38.3 Å². The third-order valence-corrected chi connectivity index (χ3v) is 3.75. The molecular weight excluding hydrogens is 328 g/mol. The lowest BCUT2D eigenvalue weighted by Gasteiger charge is -2.26. The molecule has 0 radical (unpaired) electrons. The fraction of sp³-hybridized carbons (Fsp3) is 0.471. The first kappa shape index (κ1) is 20.4. The normalized spacial score (nSPS) is 19.1. The molecule has 1 amide bonds. The number of rotatable bonds is 4. The largest absolute Gasteiger partial charge is 0.473 e. The van der Waals surface area contributed by atoms with Crippen LogP contribution in [0.5, 0.6) is 0 Å². The van der Waals surface area contributed by atoms with Gasteiger partial charge in [0.2, 0.25) is 0 Å². The molecule has 0 spiro atoms. The van der Waals surface area contributed by atoms with Gasteiger partial charge < -0.3 is 26.0 Å². The lowest BCUT2D eigenvalue weighted by molar-refractivity contribution is -0.159. The highest BCUT2D eigenvalue weighted by molar-refractivity contribution is 6.27. The number of nitrogens with one attached hydrogen (secondary N) is 1. The monoisotopic (exact) mass is 352 g/mol. The van der Waals surface area contributed by atoms with Crippen molar-refractivity contribution in [1.29, 1.82) is 0 Å². The SMILES string of the molecule is NC1CCCC(CNC(=O)OCc2ccccc2)C1.O=C(O)C(=O)O. The van der Waals surface area contributed by atoms with Gasteiger partial charge in [-0.15, -0.1) is 0 Å². The molecule has 8 heteroatoms. The molecule has 8 nitrogen and oxygen atoms in total. The van der Waals surface area contributed by atoms with Crippen LogP contribution in [-0.2, 0) is 20.9 Å². The number of carbonyl (C=O) groups excluding carboxylic acids is 1. The Kier molecular flexibility index (Phi) is 9.02. The van der Waals surface area contributed by atoms with E-state index in [2.05, 4.69) is 5.32 Å². The number of carbonyl (C=O) groups is 3. The first-order valence-corrected chi connectivity index (χ1v) is 8.04. The van der Waals surface area contributed by atoms with Crippen molar-refractivity contribution in [3.8, 4) is 0 Å². The highest BCUT2D eigenvalue weighted by Gasteiger charge is 2.19. The maximum Gasteiger partial charge on any atom is 0.414 e. The van der Waals surface area contributed by atoms with E-state index in [-0.39, 0.29) is 6.09 Å². The number of benzene rings is 1. The van der Waals surface area contributed by atoms with Crippen LogP contribution in [0.1, 0.15) is 31.2 Å². The van der Waals surface area contributed by atoms with Crippen molar-refractivity contribution < 1.29 is 29.3 Å². The number of hydrogen-bond donors (Lipinski definition) is 4. The van der Waals surface area contributed by atoms with Gasteiger partial charge >= 0.3 is 18.0 Å². The minimum absolute atomic E-state index is 0.292. The molecule has 0 saturated heterocycles. The number of carboxylic acid groups (broad SMARTS) is 2. The molecule has 5 N–H and O–H groups in total. The Balaban J connectivity index is 0.000000450. The number of alkyl carbamates (subject to hydrolysis) is 1. The number of hydrogen-bond acceptors (Lipinski definition) is 5. The van der Waals surface area contributed by atoms with Crippen LogP contribution >= 0.6 is 0 Å². The second kappa shape index (κ2) is 11.0. The summed E-state index contributed by atoms with van der Waals surface area (Å²) in [6.07, 6.45) is 4.07. The summed E-state index contributed by atoms with van der Waals surface area (Å²) in [5.74, 6) is -3.15. The first-order chi connectivity index (χ1) is 11.9. The zero-order chi connectivity index (χ0) is 18.7. The van der Waals surface area contributed by atoms with Crippen molar-refractivity contribution >= 4 is 18.0 Å². The standard InChI is InChI=1S/C15H22N2O2.C2H2O4/c16-14-8-4-7-13(9-14)10-17-15(18)19-11-12-5-2-1-3-6-12;3-1(4)2(5)6/h1-3,5-6,13-14H,4,7-11,16H2,(H,17,18);(H,3,4)(H,5,6).